The molecule has 0 radical (unpaired) electrons. The maximum atomic E-state index is 5.63. The number of ether oxygens (including phenoxy) is 1. The third-order valence-corrected chi connectivity index (χ3v) is 4.20. The molecule has 1 aliphatic rings. The Morgan fingerprint density at radius 2 is 2.10 bits per heavy atom. The first-order valence-electron chi connectivity index (χ1n) is 7.35. The smallest absolute Gasteiger partial charge is 0.181 e. The Labute approximate surface area is 125 Å². The second-order valence-corrected chi connectivity index (χ2v) is 6.15. The molecule has 1 aliphatic heterocycles. The van der Waals surface area contributed by atoms with E-state index < -0.39 is 0 Å². The summed E-state index contributed by atoms with van der Waals surface area (Å²) in [6.45, 7) is 4.48. The van der Waals surface area contributed by atoms with Crippen molar-refractivity contribution in [1.29, 1.82) is 0 Å². The van der Waals surface area contributed by atoms with Gasteiger partial charge in [-0.2, -0.15) is 5.10 Å². The number of nitrogens with zero attached hydrogens (tertiary/aromatic N) is 3. The summed E-state index contributed by atoms with van der Waals surface area (Å²) < 4.78 is 7.38. The molecule has 112 valence electrons. The lowest BCUT2D eigenvalue weighted by molar-refractivity contribution is 0.0692. The van der Waals surface area contributed by atoms with Gasteiger partial charge in [0.05, 0.1) is 6.61 Å². The molecule has 0 saturated carbocycles. The molecule has 21 heavy (non-hydrogen) atoms. The molecule has 0 amide bonds. The zero-order valence-electron chi connectivity index (χ0n) is 12.7. The molecule has 1 atom stereocenters. The van der Waals surface area contributed by atoms with E-state index in [2.05, 4.69) is 12.0 Å². The highest BCUT2D eigenvalue weighted by atomic mass is 16.5. The van der Waals surface area contributed by atoms with E-state index in [9.17, 15) is 0 Å². The molecular weight excluding hydrogens is 264 g/mol. The van der Waals surface area contributed by atoms with Crippen molar-refractivity contribution in [1.82, 2.24) is 14.8 Å². The van der Waals surface area contributed by atoms with Gasteiger partial charge < -0.3 is 10.5 Å². The van der Waals surface area contributed by atoms with Gasteiger partial charge in [-0.25, -0.2) is 9.67 Å². The number of hydrogen-bond acceptors (Lipinski definition) is 4. The van der Waals surface area contributed by atoms with Crippen molar-refractivity contribution >= 4 is 0 Å². The molecule has 1 unspecified atom stereocenters. The van der Waals surface area contributed by atoms with E-state index in [1.54, 1.807) is 7.11 Å². The van der Waals surface area contributed by atoms with Crippen molar-refractivity contribution in [2.45, 2.75) is 32.9 Å². The second-order valence-electron chi connectivity index (χ2n) is 6.15. The van der Waals surface area contributed by atoms with Gasteiger partial charge in [-0.05, 0) is 17.4 Å². The highest BCUT2D eigenvalue weighted by Crippen LogP contribution is 2.32. The zero-order valence-corrected chi connectivity index (χ0v) is 12.7. The van der Waals surface area contributed by atoms with Gasteiger partial charge in [0.25, 0.3) is 0 Å². The van der Waals surface area contributed by atoms with Gasteiger partial charge in [-0.1, -0.05) is 31.2 Å². The van der Waals surface area contributed by atoms with E-state index in [4.69, 9.17) is 15.5 Å². The van der Waals surface area contributed by atoms with Crippen LogP contribution in [0.25, 0.3) is 11.4 Å². The van der Waals surface area contributed by atoms with Gasteiger partial charge >= 0.3 is 0 Å². The van der Waals surface area contributed by atoms with E-state index >= 15 is 0 Å². The Morgan fingerprint density at radius 3 is 2.76 bits per heavy atom. The summed E-state index contributed by atoms with van der Waals surface area (Å²) in [6.07, 6.45) is 1.98. The highest BCUT2D eigenvalue weighted by Gasteiger charge is 2.32. The van der Waals surface area contributed by atoms with Crippen molar-refractivity contribution in [2.24, 2.45) is 11.1 Å². The van der Waals surface area contributed by atoms with E-state index in [1.165, 1.54) is 0 Å². The molecule has 3 rings (SSSR count). The average molecular weight is 286 g/mol. The molecule has 0 spiro atoms. The first kappa shape index (κ1) is 14.2. The lowest BCUT2D eigenvalue weighted by Gasteiger charge is -2.32. The molecule has 2 aromatic rings. The standard InChI is InChI=1S/C16H22N4O/c1-16(11-21-2)7-8-20-14(9-16)18-15(19-20)13-5-3-12(10-17)4-6-13/h3-6H,7-11,17H2,1-2H3. The summed E-state index contributed by atoms with van der Waals surface area (Å²) in [4.78, 5) is 4.72. The summed E-state index contributed by atoms with van der Waals surface area (Å²) in [7, 11) is 1.76. The summed E-state index contributed by atoms with van der Waals surface area (Å²) in [5.41, 5.74) is 7.96. The Kier molecular flexibility index (Phi) is 3.78. The minimum atomic E-state index is 0.165. The SMILES string of the molecule is COCC1(C)CCn2nc(-c3ccc(CN)cc3)nc2C1. The summed E-state index contributed by atoms with van der Waals surface area (Å²) in [5, 5.41) is 4.64. The van der Waals surface area contributed by atoms with Crippen LogP contribution in [0.15, 0.2) is 24.3 Å². The zero-order chi connectivity index (χ0) is 14.9. The summed E-state index contributed by atoms with van der Waals surface area (Å²) >= 11 is 0. The van der Waals surface area contributed by atoms with Crippen molar-refractivity contribution in [2.75, 3.05) is 13.7 Å². The fourth-order valence-corrected chi connectivity index (χ4v) is 2.91. The second kappa shape index (κ2) is 5.58. The number of fused-ring (bicyclic) bond motifs is 1. The first-order chi connectivity index (χ1) is 10.1. The fraction of sp³-hybridized carbons (Fsp3) is 0.500. The monoisotopic (exact) mass is 286 g/mol. The van der Waals surface area contributed by atoms with Gasteiger partial charge in [0, 0.05) is 32.2 Å². The van der Waals surface area contributed by atoms with Crippen molar-refractivity contribution < 1.29 is 4.74 Å². The molecule has 0 bridgehead atoms. The molecule has 0 aliphatic carbocycles. The van der Waals surface area contributed by atoms with Crippen LogP contribution in [0.3, 0.4) is 0 Å². The van der Waals surface area contributed by atoms with Gasteiger partial charge in [0.15, 0.2) is 5.82 Å². The predicted molar refractivity (Wildman–Crippen MR) is 81.7 cm³/mol. The first-order valence-corrected chi connectivity index (χ1v) is 7.35. The van der Waals surface area contributed by atoms with Crippen molar-refractivity contribution in [3.8, 4) is 11.4 Å². The van der Waals surface area contributed by atoms with Crippen LogP contribution >= 0.6 is 0 Å². The Balaban J connectivity index is 1.85. The lowest BCUT2D eigenvalue weighted by atomic mass is 9.82. The number of aromatic nitrogens is 3. The molecule has 2 heterocycles. The van der Waals surface area contributed by atoms with E-state index in [0.717, 1.165) is 48.8 Å². The third kappa shape index (κ3) is 2.84. The minimum absolute atomic E-state index is 0.165. The Morgan fingerprint density at radius 1 is 1.33 bits per heavy atom. The maximum Gasteiger partial charge on any atom is 0.181 e. The van der Waals surface area contributed by atoms with Gasteiger partial charge in [-0.15, -0.1) is 0 Å². The fourth-order valence-electron chi connectivity index (χ4n) is 2.91. The molecule has 0 saturated heterocycles. The van der Waals surface area contributed by atoms with Gasteiger partial charge in [0.2, 0.25) is 0 Å². The highest BCUT2D eigenvalue weighted by molar-refractivity contribution is 5.55. The van der Waals surface area contributed by atoms with Crippen LogP contribution in [-0.4, -0.2) is 28.5 Å². The normalized spacial score (nSPS) is 21.3. The minimum Gasteiger partial charge on any atom is -0.384 e. The molecule has 5 heteroatoms. The van der Waals surface area contributed by atoms with E-state index in [0.29, 0.717) is 6.54 Å². The van der Waals surface area contributed by atoms with Gasteiger partial charge in [0.1, 0.15) is 5.82 Å². The third-order valence-electron chi connectivity index (χ3n) is 4.20. The Hall–Kier alpha value is -1.72. The predicted octanol–water partition coefficient (Wildman–Crippen LogP) is 2.00. The molecule has 2 N–H and O–H groups in total. The van der Waals surface area contributed by atoms with E-state index in [1.807, 2.05) is 28.9 Å². The van der Waals surface area contributed by atoms with Crippen LogP contribution in [0, 0.1) is 5.41 Å². The van der Waals surface area contributed by atoms with Crippen LogP contribution in [-0.2, 0) is 24.2 Å². The number of hydrogen-bond donors (Lipinski definition) is 1. The topological polar surface area (TPSA) is 66.0 Å². The average Bonchev–Trinajstić information content (AvgIpc) is 2.90. The number of nitrogens with two attached hydrogens (primary N) is 1. The van der Waals surface area contributed by atoms with Gasteiger partial charge in [-0.3, -0.25) is 0 Å². The quantitative estimate of drug-likeness (QED) is 0.933. The number of aryl methyl sites for hydroxylation is 1. The number of methoxy groups -OCH3 is 1. The summed E-state index contributed by atoms with van der Waals surface area (Å²) in [6, 6.07) is 8.14. The van der Waals surface area contributed by atoms with Crippen molar-refractivity contribution in [3.63, 3.8) is 0 Å². The molecule has 1 aromatic carbocycles. The van der Waals surface area contributed by atoms with Crippen LogP contribution in [0.2, 0.25) is 0 Å². The maximum absolute atomic E-state index is 5.63. The number of benzene rings is 1. The van der Waals surface area contributed by atoms with Crippen LogP contribution in [0.4, 0.5) is 0 Å². The molecule has 0 fully saturated rings. The van der Waals surface area contributed by atoms with E-state index in [-0.39, 0.29) is 5.41 Å². The van der Waals surface area contributed by atoms with Crippen LogP contribution < -0.4 is 5.73 Å². The largest absolute Gasteiger partial charge is 0.384 e. The summed E-state index contributed by atoms with van der Waals surface area (Å²) in [5.74, 6) is 1.86. The lowest BCUT2D eigenvalue weighted by Crippen LogP contribution is -2.33. The Bertz CT molecular complexity index is 620. The van der Waals surface area contributed by atoms with Crippen LogP contribution in [0.5, 0.6) is 0 Å². The molecule has 1 aromatic heterocycles. The van der Waals surface area contributed by atoms with Crippen molar-refractivity contribution in [3.05, 3.63) is 35.7 Å². The molecule has 5 nitrogen and oxygen atoms in total. The molecular formula is C16H22N4O. The number of rotatable bonds is 4. The van der Waals surface area contributed by atoms with Crippen LogP contribution in [0.1, 0.15) is 24.7 Å².